The van der Waals surface area contributed by atoms with Gasteiger partial charge in [0.1, 0.15) is 12.1 Å². The largest absolute Gasteiger partial charge is 0.451 e. The Morgan fingerprint density at radius 1 is 1.19 bits per heavy atom. The van der Waals surface area contributed by atoms with Crippen molar-refractivity contribution in [2.45, 2.75) is 50.7 Å². The van der Waals surface area contributed by atoms with Crippen molar-refractivity contribution in [1.82, 2.24) is 20.4 Å². The first-order valence-corrected chi connectivity index (χ1v) is 8.55. The second-order valence-corrected chi connectivity index (χ2v) is 6.53. The molecule has 1 saturated carbocycles. The summed E-state index contributed by atoms with van der Waals surface area (Å²) in [6.45, 7) is 0.722. The van der Waals surface area contributed by atoms with Crippen LogP contribution < -0.4 is 10.6 Å². The molecule has 0 aromatic carbocycles. The first-order chi connectivity index (χ1) is 12.2. The lowest BCUT2D eigenvalue weighted by Gasteiger charge is -2.35. The lowest BCUT2D eigenvalue weighted by atomic mass is 9.81. The highest BCUT2D eigenvalue weighted by Gasteiger charge is 2.56. The smallest absolute Gasteiger partial charge is 0.327 e. The number of esters is 1. The molecule has 1 unspecified atom stereocenters. The van der Waals surface area contributed by atoms with E-state index in [0.717, 1.165) is 24.2 Å². The molecule has 1 atom stereocenters. The average molecular weight is 368 g/mol. The zero-order chi connectivity index (χ0) is 19.5. The maximum absolute atomic E-state index is 12.8. The summed E-state index contributed by atoms with van der Waals surface area (Å²) >= 11 is 0. The van der Waals surface area contributed by atoms with Gasteiger partial charge in [-0.2, -0.15) is 0 Å². The van der Waals surface area contributed by atoms with Crippen LogP contribution in [-0.2, 0) is 19.1 Å². The summed E-state index contributed by atoms with van der Waals surface area (Å²) in [7, 11) is 2.90. The molecule has 1 spiro atoms. The Kier molecular flexibility index (Phi) is 5.83. The third-order valence-corrected chi connectivity index (χ3v) is 4.91. The van der Waals surface area contributed by atoms with Crippen molar-refractivity contribution in [2.24, 2.45) is 0 Å². The van der Waals surface area contributed by atoms with Crippen LogP contribution in [0, 0.1) is 0 Å². The van der Waals surface area contributed by atoms with Crippen LogP contribution >= 0.6 is 0 Å². The van der Waals surface area contributed by atoms with Crippen LogP contribution in [0.25, 0.3) is 0 Å². The monoisotopic (exact) mass is 368 g/mol. The van der Waals surface area contributed by atoms with Gasteiger partial charge in [0.2, 0.25) is 0 Å². The van der Waals surface area contributed by atoms with Gasteiger partial charge >= 0.3 is 18.0 Å². The molecular weight excluding hydrogens is 344 g/mol. The summed E-state index contributed by atoms with van der Waals surface area (Å²) in [5.41, 5.74) is -0.877. The Bertz CT molecular complexity index is 628. The van der Waals surface area contributed by atoms with Crippen molar-refractivity contribution >= 4 is 29.8 Å². The molecule has 144 valence electrons. The van der Waals surface area contributed by atoms with Gasteiger partial charge in [0.05, 0.1) is 0 Å². The summed E-state index contributed by atoms with van der Waals surface area (Å²) in [6, 6.07) is -1.28. The number of ether oxygens (including phenoxy) is 1. The predicted octanol–water partition coefficient (Wildman–Crippen LogP) is -0.0294. The second kappa shape index (κ2) is 7.71. The number of urea groups is 2. The van der Waals surface area contributed by atoms with E-state index in [9.17, 15) is 24.0 Å². The van der Waals surface area contributed by atoms with E-state index in [4.69, 9.17) is 4.74 Å². The third kappa shape index (κ3) is 3.63. The number of amides is 6. The van der Waals surface area contributed by atoms with Gasteiger partial charge in [-0.05, 0) is 19.8 Å². The number of carbonyl (C=O) groups excluding carboxylic acids is 5. The number of nitrogens with one attached hydrogen (secondary N) is 2. The molecule has 0 aromatic rings. The Morgan fingerprint density at radius 2 is 1.81 bits per heavy atom. The van der Waals surface area contributed by atoms with Crippen molar-refractivity contribution in [3.05, 3.63) is 0 Å². The van der Waals surface area contributed by atoms with Crippen LogP contribution in [-0.4, -0.2) is 71.9 Å². The average Bonchev–Trinajstić information content (AvgIpc) is 2.78. The predicted molar refractivity (Wildman–Crippen MR) is 88.8 cm³/mol. The number of carbonyl (C=O) groups is 5. The number of likely N-dealkylation sites (N-methyl/N-ethyl adjacent to an activating group) is 1. The molecule has 1 heterocycles. The van der Waals surface area contributed by atoms with Gasteiger partial charge < -0.3 is 15.0 Å². The fourth-order valence-corrected chi connectivity index (χ4v) is 3.36. The van der Waals surface area contributed by atoms with Crippen molar-refractivity contribution in [3.63, 3.8) is 0 Å². The van der Waals surface area contributed by atoms with E-state index in [-0.39, 0.29) is 0 Å². The first kappa shape index (κ1) is 19.7. The van der Waals surface area contributed by atoms with Gasteiger partial charge in [-0.1, -0.05) is 19.3 Å². The number of imide groups is 2. The van der Waals surface area contributed by atoms with E-state index in [1.807, 2.05) is 5.32 Å². The number of hydrogen-bond acceptors (Lipinski definition) is 6. The van der Waals surface area contributed by atoms with E-state index in [1.54, 1.807) is 7.05 Å². The van der Waals surface area contributed by atoms with Crippen LogP contribution in [0.5, 0.6) is 0 Å². The van der Waals surface area contributed by atoms with Crippen LogP contribution in [0.3, 0.4) is 0 Å². The molecular formula is C16H24N4O6. The van der Waals surface area contributed by atoms with Crippen LogP contribution in [0.15, 0.2) is 0 Å². The Labute approximate surface area is 151 Å². The SMILES string of the molecule is CNC(=O)NC(=O)C(C)OC(=O)CN1C(=O)N(C)C2(CCCCC2)C1=O. The van der Waals surface area contributed by atoms with Crippen molar-refractivity contribution < 1.29 is 28.7 Å². The molecule has 1 saturated heterocycles. The Hall–Kier alpha value is -2.65. The molecule has 2 aliphatic rings. The summed E-state index contributed by atoms with van der Waals surface area (Å²) in [5.74, 6) is -2.10. The van der Waals surface area contributed by atoms with Crippen LogP contribution in [0.2, 0.25) is 0 Å². The van der Waals surface area contributed by atoms with E-state index in [1.165, 1.54) is 18.9 Å². The molecule has 1 aliphatic heterocycles. The summed E-state index contributed by atoms with van der Waals surface area (Å²) in [6.07, 6.45) is 2.61. The second-order valence-electron chi connectivity index (χ2n) is 6.53. The van der Waals surface area contributed by atoms with Crippen molar-refractivity contribution in [2.75, 3.05) is 20.6 Å². The molecule has 10 heteroatoms. The lowest BCUT2D eigenvalue weighted by Crippen LogP contribution is -2.49. The number of rotatable bonds is 4. The molecule has 26 heavy (non-hydrogen) atoms. The van der Waals surface area contributed by atoms with Gasteiger partial charge in [-0.3, -0.25) is 24.6 Å². The highest BCUT2D eigenvalue weighted by Crippen LogP contribution is 2.39. The molecule has 2 rings (SSSR count). The highest BCUT2D eigenvalue weighted by molar-refractivity contribution is 6.08. The van der Waals surface area contributed by atoms with Crippen molar-refractivity contribution in [3.8, 4) is 0 Å². The first-order valence-electron chi connectivity index (χ1n) is 8.55. The van der Waals surface area contributed by atoms with Gasteiger partial charge in [-0.15, -0.1) is 0 Å². The quantitative estimate of drug-likeness (QED) is 0.530. The van der Waals surface area contributed by atoms with Gasteiger partial charge in [-0.25, -0.2) is 9.59 Å². The minimum atomic E-state index is -1.24. The minimum absolute atomic E-state index is 0.399. The fraction of sp³-hybridized carbons (Fsp3) is 0.688. The maximum Gasteiger partial charge on any atom is 0.327 e. The standard InChI is InChI=1S/C16H24N4O6/c1-10(12(22)18-14(24)17-2)26-11(21)9-20-13(23)16(19(3)15(20)25)7-5-4-6-8-16/h10H,4-9H2,1-3H3,(H2,17,18,22,24). The maximum atomic E-state index is 12.8. The molecule has 10 nitrogen and oxygen atoms in total. The van der Waals surface area contributed by atoms with Gasteiger partial charge in [0.25, 0.3) is 11.8 Å². The molecule has 0 radical (unpaired) electrons. The molecule has 0 aromatic heterocycles. The van der Waals surface area contributed by atoms with Crippen LogP contribution in [0.1, 0.15) is 39.0 Å². The van der Waals surface area contributed by atoms with E-state index >= 15 is 0 Å². The Morgan fingerprint density at radius 3 is 2.38 bits per heavy atom. The topological polar surface area (TPSA) is 125 Å². The van der Waals surface area contributed by atoms with Crippen LogP contribution in [0.4, 0.5) is 9.59 Å². The zero-order valence-electron chi connectivity index (χ0n) is 15.2. The molecule has 1 aliphatic carbocycles. The summed E-state index contributed by atoms with van der Waals surface area (Å²) in [5, 5.41) is 4.18. The summed E-state index contributed by atoms with van der Waals surface area (Å²) in [4.78, 5) is 62.3. The van der Waals surface area contributed by atoms with Crippen molar-refractivity contribution in [1.29, 1.82) is 0 Å². The molecule has 6 amide bonds. The lowest BCUT2D eigenvalue weighted by molar-refractivity contribution is -0.156. The fourth-order valence-electron chi connectivity index (χ4n) is 3.36. The van der Waals surface area contributed by atoms with E-state index in [2.05, 4.69) is 5.32 Å². The molecule has 2 fully saturated rings. The molecule has 0 bridgehead atoms. The normalized spacial score (nSPS) is 20.1. The molecule has 2 N–H and O–H groups in total. The van der Waals surface area contributed by atoms with E-state index in [0.29, 0.717) is 12.8 Å². The minimum Gasteiger partial charge on any atom is -0.451 e. The van der Waals surface area contributed by atoms with Gasteiger partial charge in [0.15, 0.2) is 6.10 Å². The zero-order valence-corrected chi connectivity index (χ0v) is 15.2. The Balaban J connectivity index is 1.98. The number of hydrogen-bond donors (Lipinski definition) is 2. The van der Waals surface area contributed by atoms with E-state index < -0.39 is 48.0 Å². The summed E-state index contributed by atoms with van der Waals surface area (Å²) < 4.78 is 4.93. The number of nitrogens with zero attached hydrogens (tertiary/aromatic N) is 2. The third-order valence-electron chi connectivity index (χ3n) is 4.91. The van der Waals surface area contributed by atoms with Gasteiger partial charge in [0, 0.05) is 14.1 Å². The highest BCUT2D eigenvalue weighted by atomic mass is 16.5.